The summed E-state index contributed by atoms with van der Waals surface area (Å²) in [6, 6.07) is 13.4. The molecular weight excluding hydrogens is 524 g/mol. The van der Waals surface area contributed by atoms with Gasteiger partial charge in [0.15, 0.2) is 0 Å². The molecular formula is C22H24Br2N6O. The second-order valence-corrected chi connectivity index (χ2v) is 9.38. The summed E-state index contributed by atoms with van der Waals surface area (Å²) in [5.41, 5.74) is 4.49. The van der Waals surface area contributed by atoms with Crippen LogP contribution < -0.4 is 15.5 Å². The molecule has 31 heavy (non-hydrogen) atoms. The lowest BCUT2D eigenvalue weighted by Gasteiger charge is -2.34. The third-order valence-corrected chi connectivity index (χ3v) is 6.42. The number of carbonyl (C=O) groups is 1. The lowest BCUT2D eigenvalue weighted by atomic mass is 10.1. The number of aryl methyl sites for hydroxylation is 1. The second kappa shape index (κ2) is 9.42. The van der Waals surface area contributed by atoms with Crippen molar-refractivity contribution < 1.29 is 4.79 Å². The summed E-state index contributed by atoms with van der Waals surface area (Å²) < 4.78 is 3.71. The van der Waals surface area contributed by atoms with E-state index in [0.29, 0.717) is 0 Å². The Bertz CT molecular complexity index is 1050. The van der Waals surface area contributed by atoms with Gasteiger partial charge in [0.1, 0.15) is 0 Å². The highest BCUT2D eigenvalue weighted by molar-refractivity contribution is 9.10. The van der Waals surface area contributed by atoms with Gasteiger partial charge in [-0.1, -0.05) is 15.9 Å². The maximum absolute atomic E-state index is 12.6. The van der Waals surface area contributed by atoms with Crippen molar-refractivity contribution in [1.82, 2.24) is 14.7 Å². The Morgan fingerprint density at radius 2 is 1.61 bits per heavy atom. The maximum atomic E-state index is 12.6. The lowest BCUT2D eigenvalue weighted by molar-refractivity contribution is 0.262. The predicted octanol–water partition coefficient (Wildman–Crippen LogP) is 5.01. The van der Waals surface area contributed by atoms with Gasteiger partial charge in [0.05, 0.1) is 16.4 Å². The van der Waals surface area contributed by atoms with E-state index >= 15 is 0 Å². The highest BCUT2D eigenvalue weighted by atomic mass is 79.9. The topological polar surface area (TPSA) is 65.4 Å². The number of urea groups is 1. The molecule has 1 saturated heterocycles. The fourth-order valence-electron chi connectivity index (χ4n) is 3.63. The molecule has 2 N–H and O–H groups in total. The van der Waals surface area contributed by atoms with Crippen LogP contribution in [0.1, 0.15) is 0 Å². The number of halogens is 2. The molecule has 4 rings (SSSR count). The standard InChI is InChI=1S/C22H24Br2N6O/c1-28-7-9-30(10-8-28)19-12-15(21-20(24)14-25-29(21)2)11-18(13-19)27-22(31)26-17-5-3-16(23)4-6-17/h3-6,11-14H,7-10H2,1-2H3,(H2,26,27,31). The van der Waals surface area contributed by atoms with Crippen LogP contribution in [-0.4, -0.2) is 53.9 Å². The van der Waals surface area contributed by atoms with E-state index in [1.807, 2.05) is 48.1 Å². The normalized spacial score (nSPS) is 14.5. The van der Waals surface area contributed by atoms with Gasteiger partial charge in [0.2, 0.25) is 0 Å². The van der Waals surface area contributed by atoms with Crippen molar-refractivity contribution in [2.75, 3.05) is 48.8 Å². The van der Waals surface area contributed by atoms with E-state index in [4.69, 9.17) is 0 Å². The SMILES string of the molecule is CN1CCN(c2cc(NC(=O)Nc3ccc(Br)cc3)cc(-c3c(Br)cnn3C)c2)CC1. The van der Waals surface area contributed by atoms with Crippen LogP contribution >= 0.6 is 31.9 Å². The number of hydrogen-bond donors (Lipinski definition) is 2. The molecule has 2 aromatic carbocycles. The number of piperazine rings is 1. The molecule has 2 amide bonds. The van der Waals surface area contributed by atoms with E-state index in [0.717, 1.165) is 63.4 Å². The first-order valence-electron chi connectivity index (χ1n) is 9.99. The monoisotopic (exact) mass is 546 g/mol. The van der Waals surface area contributed by atoms with Crippen LogP contribution in [-0.2, 0) is 7.05 Å². The number of nitrogens with one attached hydrogen (secondary N) is 2. The van der Waals surface area contributed by atoms with Gasteiger partial charge in [-0.15, -0.1) is 0 Å². The van der Waals surface area contributed by atoms with Crippen LogP contribution in [0.2, 0.25) is 0 Å². The minimum absolute atomic E-state index is 0.284. The van der Waals surface area contributed by atoms with Crippen molar-refractivity contribution in [3.8, 4) is 11.3 Å². The number of amides is 2. The van der Waals surface area contributed by atoms with E-state index in [-0.39, 0.29) is 6.03 Å². The summed E-state index contributed by atoms with van der Waals surface area (Å²) in [5.74, 6) is 0. The van der Waals surface area contributed by atoms with E-state index in [2.05, 4.69) is 70.5 Å². The molecule has 3 aromatic rings. The van der Waals surface area contributed by atoms with Crippen molar-refractivity contribution >= 4 is 55.0 Å². The molecule has 1 aromatic heterocycles. The summed E-state index contributed by atoms with van der Waals surface area (Å²) >= 11 is 7.01. The molecule has 0 unspecified atom stereocenters. The van der Waals surface area contributed by atoms with Crippen LogP contribution in [0.3, 0.4) is 0 Å². The Kier molecular flexibility index (Phi) is 6.64. The number of hydrogen-bond acceptors (Lipinski definition) is 4. The van der Waals surface area contributed by atoms with Crippen LogP contribution in [0, 0.1) is 0 Å². The van der Waals surface area contributed by atoms with Crippen molar-refractivity contribution in [1.29, 1.82) is 0 Å². The van der Waals surface area contributed by atoms with Gasteiger partial charge in [-0.2, -0.15) is 5.10 Å². The zero-order chi connectivity index (χ0) is 22.0. The Morgan fingerprint density at radius 3 is 2.26 bits per heavy atom. The predicted molar refractivity (Wildman–Crippen MR) is 133 cm³/mol. The third kappa shape index (κ3) is 5.28. The first-order valence-corrected chi connectivity index (χ1v) is 11.6. The van der Waals surface area contributed by atoms with E-state index in [9.17, 15) is 4.79 Å². The van der Waals surface area contributed by atoms with Crippen molar-refractivity contribution in [3.63, 3.8) is 0 Å². The second-order valence-electron chi connectivity index (χ2n) is 7.61. The summed E-state index contributed by atoms with van der Waals surface area (Å²) in [5, 5.41) is 10.2. The molecule has 7 nitrogen and oxygen atoms in total. The molecule has 0 atom stereocenters. The zero-order valence-corrected chi connectivity index (χ0v) is 20.6. The van der Waals surface area contributed by atoms with Gasteiger partial charge in [-0.25, -0.2) is 4.79 Å². The van der Waals surface area contributed by atoms with Gasteiger partial charge in [-0.3, -0.25) is 4.68 Å². The average molecular weight is 548 g/mol. The van der Waals surface area contributed by atoms with E-state index in [1.54, 1.807) is 6.20 Å². The van der Waals surface area contributed by atoms with Crippen molar-refractivity contribution in [2.24, 2.45) is 7.05 Å². The number of rotatable bonds is 4. The molecule has 0 spiro atoms. The zero-order valence-electron chi connectivity index (χ0n) is 17.4. The number of aromatic nitrogens is 2. The molecule has 9 heteroatoms. The number of nitrogens with zero attached hydrogens (tertiary/aromatic N) is 4. The molecule has 0 radical (unpaired) electrons. The van der Waals surface area contributed by atoms with Gasteiger partial charge < -0.3 is 20.4 Å². The van der Waals surface area contributed by atoms with E-state index < -0.39 is 0 Å². The molecule has 162 valence electrons. The average Bonchev–Trinajstić information content (AvgIpc) is 3.08. The third-order valence-electron chi connectivity index (χ3n) is 5.31. The quantitative estimate of drug-likeness (QED) is 0.482. The Hall–Kier alpha value is -2.36. The summed E-state index contributed by atoms with van der Waals surface area (Å²) in [7, 11) is 4.05. The van der Waals surface area contributed by atoms with Gasteiger partial charge in [0.25, 0.3) is 0 Å². The van der Waals surface area contributed by atoms with Crippen molar-refractivity contribution in [2.45, 2.75) is 0 Å². The number of carbonyl (C=O) groups excluding carboxylic acids is 1. The molecule has 1 aliphatic heterocycles. The molecule has 0 aliphatic carbocycles. The maximum Gasteiger partial charge on any atom is 0.323 e. The number of benzene rings is 2. The van der Waals surface area contributed by atoms with Crippen molar-refractivity contribution in [3.05, 3.63) is 57.6 Å². The Balaban J connectivity index is 1.62. The van der Waals surface area contributed by atoms with Gasteiger partial charge >= 0.3 is 6.03 Å². The highest BCUT2D eigenvalue weighted by Gasteiger charge is 2.18. The lowest BCUT2D eigenvalue weighted by Crippen LogP contribution is -2.44. The molecule has 0 saturated carbocycles. The first-order chi connectivity index (χ1) is 14.9. The van der Waals surface area contributed by atoms with Crippen LogP contribution in [0.4, 0.5) is 21.9 Å². The fourth-order valence-corrected chi connectivity index (χ4v) is 4.47. The Labute approximate surface area is 198 Å². The largest absolute Gasteiger partial charge is 0.369 e. The van der Waals surface area contributed by atoms with Crippen LogP contribution in [0.5, 0.6) is 0 Å². The van der Waals surface area contributed by atoms with Gasteiger partial charge in [0, 0.05) is 60.3 Å². The molecule has 0 bridgehead atoms. The van der Waals surface area contributed by atoms with Gasteiger partial charge in [-0.05, 0) is 65.4 Å². The van der Waals surface area contributed by atoms with Crippen LogP contribution in [0.15, 0.2) is 57.6 Å². The summed E-state index contributed by atoms with van der Waals surface area (Å²) in [6.45, 7) is 3.90. The number of anilines is 3. The van der Waals surface area contributed by atoms with E-state index in [1.165, 1.54) is 0 Å². The Morgan fingerprint density at radius 1 is 0.935 bits per heavy atom. The number of likely N-dealkylation sites (N-methyl/N-ethyl adjacent to an activating group) is 1. The minimum Gasteiger partial charge on any atom is -0.369 e. The molecule has 1 aliphatic rings. The molecule has 2 heterocycles. The first kappa shape index (κ1) is 21.9. The summed E-state index contributed by atoms with van der Waals surface area (Å²) in [4.78, 5) is 17.3. The minimum atomic E-state index is -0.284. The smallest absolute Gasteiger partial charge is 0.323 e. The fraction of sp³-hybridized carbons (Fsp3) is 0.273. The molecule has 1 fully saturated rings. The summed E-state index contributed by atoms with van der Waals surface area (Å²) in [6.07, 6.45) is 1.78. The highest BCUT2D eigenvalue weighted by Crippen LogP contribution is 2.33. The van der Waals surface area contributed by atoms with Crippen LogP contribution in [0.25, 0.3) is 11.3 Å².